The van der Waals surface area contributed by atoms with Gasteiger partial charge in [0.05, 0.1) is 12.2 Å². The van der Waals surface area contributed by atoms with Crippen LogP contribution in [0.4, 0.5) is 5.13 Å². The summed E-state index contributed by atoms with van der Waals surface area (Å²) in [6.45, 7) is 6.30. The van der Waals surface area contributed by atoms with Crippen LogP contribution in [-0.4, -0.2) is 30.3 Å². The Balaban J connectivity index is 1.74. The van der Waals surface area contributed by atoms with E-state index in [0.29, 0.717) is 12.2 Å². The maximum atomic E-state index is 6.00. The van der Waals surface area contributed by atoms with Gasteiger partial charge in [-0.15, -0.1) is 11.3 Å². The molecular formula is C12H18N2OS. The average molecular weight is 238 g/mol. The van der Waals surface area contributed by atoms with Gasteiger partial charge in [0.2, 0.25) is 0 Å². The van der Waals surface area contributed by atoms with E-state index in [4.69, 9.17) is 4.74 Å². The molecule has 1 saturated heterocycles. The average Bonchev–Trinajstić information content (AvgIpc) is 3.01. The highest BCUT2D eigenvalue weighted by Gasteiger charge is 2.37. The molecule has 2 atom stereocenters. The summed E-state index contributed by atoms with van der Waals surface area (Å²) in [7, 11) is 0. The highest BCUT2D eigenvalue weighted by atomic mass is 32.1. The van der Waals surface area contributed by atoms with Crippen molar-refractivity contribution >= 4 is 16.5 Å². The monoisotopic (exact) mass is 238 g/mol. The summed E-state index contributed by atoms with van der Waals surface area (Å²) in [6.07, 6.45) is 5.44. The number of aromatic nitrogens is 1. The van der Waals surface area contributed by atoms with Gasteiger partial charge in [0.1, 0.15) is 0 Å². The van der Waals surface area contributed by atoms with Crippen LogP contribution in [0.2, 0.25) is 0 Å². The zero-order chi connectivity index (χ0) is 11.1. The smallest absolute Gasteiger partial charge is 0.185 e. The largest absolute Gasteiger partial charge is 0.371 e. The van der Waals surface area contributed by atoms with E-state index in [0.717, 1.165) is 19.0 Å². The first-order valence-corrected chi connectivity index (χ1v) is 6.87. The van der Waals surface area contributed by atoms with Crippen LogP contribution in [0.25, 0.3) is 0 Å². The van der Waals surface area contributed by atoms with Crippen molar-refractivity contribution in [2.75, 3.05) is 18.0 Å². The molecule has 88 valence electrons. The lowest BCUT2D eigenvalue weighted by Crippen LogP contribution is -2.47. The second-order valence-electron chi connectivity index (χ2n) is 4.98. The minimum Gasteiger partial charge on any atom is -0.371 e. The highest BCUT2D eigenvalue weighted by molar-refractivity contribution is 7.15. The fraction of sp³-hybridized carbons (Fsp3) is 0.750. The Morgan fingerprint density at radius 1 is 1.44 bits per heavy atom. The lowest BCUT2D eigenvalue weighted by atomic mass is 10.1. The third-order valence-electron chi connectivity index (χ3n) is 3.31. The van der Waals surface area contributed by atoms with Gasteiger partial charge in [0.25, 0.3) is 0 Å². The summed E-state index contributed by atoms with van der Waals surface area (Å²) in [5, 5.41) is 1.17. The number of ether oxygens (including phenoxy) is 1. The molecule has 1 aromatic heterocycles. The van der Waals surface area contributed by atoms with Gasteiger partial charge in [0, 0.05) is 24.2 Å². The van der Waals surface area contributed by atoms with Gasteiger partial charge in [-0.05, 0) is 32.6 Å². The normalized spacial score (nSPS) is 30.8. The third-order valence-corrected chi connectivity index (χ3v) is 4.29. The summed E-state index contributed by atoms with van der Waals surface area (Å²) in [4.78, 5) is 8.16. The quantitative estimate of drug-likeness (QED) is 0.791. The van der Waals surface area contributed by atoms with Crippen molar-refractivity contribution in [1.82, 2.24) is 4.98 Å². The molecule has 0 N–H and O–H groups in total. The molecule has 16 heavy (non-hydrogen) atoms. The Morgan fingerprint density at radius 2 is 2.25 bits per heavy atom. The molecule has 0 amide bonds. The molecule has 1 aromatic rings. The third kappa shape index (κ3) is 2.09. The van der Waals surface area contributed by atoms with E-state index in [1.54, 1.807) is 11.3 Å². The van der Waals surface area contributed by atoms with Crippen LogP contribution in [0.3, 0.4) is 0 Å². The number of rotatable bonds is 2. The molecule has 2 aliphatic rings. The molecule has 0 spiro atoms. The van der Waals surface area contributed by atoms with E-state index in [1.807, 2.05) is 6.20 Å². The predicted molar refractivity (Wildman–Crippen MR) is 66.1 cm³/mol. The Kier molecular flexibility index (Phi) is 2.64. The van der Waals surface area contributed by atoms with Crippen LogP contribution < -0.4 is 4.90 Å². The summed E-state index contributed by atoms with van der Waals surface area (Å²) in [5.41, 5.74) is 0. The number of hydrogen-bond acceptors (Lipinski definition) is 4. The second kappa shape index (κ2) is 4.00. The molecule has 2 fully saturated rings. The molecule has 4 heteroatoms. The summed E-state index contributed by atoms with van der Waals surface area (Å²) < 4.78 is 6.00. The van der Waals surface area contributed by atoms with Crippen LogP contribution in [-0.2, 0) is 4.74 Å². The number of thiazole rings is 1. The SMILES string of the molecule is Cc1cnc(N2C[C@H](C)O[C@@H](C3CC3)C2)s1. The Hall–Kier alpha value is -0.610. The van der Waals surface area contributed by atoms with Crippen LogP contribution in [0.1, 0.15) is 24.6 Å². The molecule has 1 saturated carbocycles. The first kappa shape index (κ1) is 10.5. The lowest BCUT2D eigenvalue weighted by Gasteiger charge is -2.36. The summed E-state index contributed by atoms with van der Waals surface area (Å²) in [6, 6.07) is 0. The van der Waals surface area contributed by atoms with Gasteiger partial charge in [-0.1, -0.05) is 0 Å². The number of anilines is 1. The van der Waals surface area contributed by atoms with Crippen LogP contribution in [0.15, 0.2) is 6.20 Å². The van der Waals surface area contributed by atoms with Gasteiger partial charge >= 0.3 is 0 Å². The van der Waals surface area contributed by atoms with E-state index in [2.05, 4.69) is 23.7 Å². The van der Waals surface area contributed by atoms with E-state index >= 15 is 0 Å². The van der Waals surface area contributed by atoms with Crippen molar-refractivity contribution in [2.24, 2.45) is 5.92 Å². The van der Waals surface area contributed by atoms with Crippen molar-refractivity contribution in [3.05, 3.63) is 11.1 Å². The molecule has 0 radical (unpaired) electrons. The Morgan fingerprint density at radius 3 is 2.88 bits per heavy atom. The maximum absolute atomic E-state index is 6.00. The predicted octanol–water partition coefficient (Wildman–Crippen LogP) is 2.46. The Labute approximate surface area is 100 Å². The minimum atomic E-state index is 0.337. The zero-order valence-electron chi connectivity index (χ0n) is 9.85. The highest BCUT2D eigenvalue weighted by Crippen LogP contribution is 2.37. The fourth-order valence-corrected chi connectivity index (χ4v) is 3.14. The van der Waals surface area contributed by atoms with Crippen molar-refractivity contribution in [1.29, 1.82) is 0 Å². The van der Waals surface area contributed by atoms with Crippen molar-refractivity contribution < 1.29 is 4.74 Å². The fourth-order valence-electron chi connectivity index (χ4n) is 2.36. The zero-order valence-corrected chi connectivity index (χ0v) is 10.7. The lowest BCUT2D eigenvalue weighted by molar-refractivity contribution is -0.0271. The standard InChI is InChI=1S/C12H18N2OS/c1-8-6-14(12-13-5-9(2)16-12)7-11(15-8)10-3-4-10/h5,8,10-11H,3-4,6-7H2,1-2H3/t8-,11+/m0/s1. The molecule has 0 aromatic carbocycles. The molecule has 3 rings (SSSR count). The Bertz CT molecular complexity index is 375. The van der Waals surface area contributed by atoms with Crippen molar-refractivity contribution in [2.45, 2.75) is 38.9 Å². The van der Waals surface area contributed by atoms with Crippen LogP contribution in [0, 0.1) is 12.8 Å². The first-order valence-electron chi connectivity index (χ1n) is 6.05. The second-order valence-corrected chi connectivity index (χ2v) is 6.19. The van der Waals surface area contributed by atoms with Crippen LogP contribution >= 0.6 is 11.3 Å². The summed E-state index contributed by atoms with van der Waals surface area (Å²) >= 11 is 1.79. The van der Waals surface area contributed by atoms with Crippen molar-refractivity contribution in [3.63, 3.8) is 0 Å². The molecular weight excluding hydrogens is 220 g/mol. The number of nitrogens with zero attached hydrogens (tertiary/aromatic N) is 2. The number of aryl methyl sites for hydroxylation is 1. The molecule has 2 heterocycles. The first-order chi connectivity index (χ1) is 7.72. The maximum Gasteiger partial charge on any atom is 0.185 e. The molecule has 1 aliphatic carbocycles. The van der Waals surface area contributed by atoms with E-state index in [1.165, 1.54) is 22.9 Å². The van der Waals surface area contributed by atoms with E-state index in [-0.39, 0.29) is 0 Å². The molecule has 1 aliphatic heterocycles. The van der Waals surface area contributed by atoms with Gasteiger partial charge in [0.15, 0.2) is 5.13 Å². The van der Waals surface area contributed by atoms with Crippen LogP contribution in [0.5, 0.6) is 0 Å². The topological polar surface area (TPSA) is 25.4 Å². The van der Waals surface area contributed by atoms with Gasteiger partial charge < -0.3 is 9.64 Å². The molecule has 0 bridgehead atoms. The van der Waals surface area contributed by atoms with Gasteiger partial charge in [-0.25, -0.2) is 4.98 Å². The van der Waals surface area contributed by atoms with E-state index in [9.17, 15) is 0 Å². The van der Waals surface area contributed by atoms with Gasteiger partial charge in [-0.3, -0.25) is 0 Å². The number of morpholine rings is 1. The van der Waals surface area contributed by atoms with Gasteiger partial charge in [-0.2, -0.15) is 0 Å². The minimum absolute atomic E-state index is 0.337. The number of hydrogen-bond donors (Lipinski definition) is 0. The van der Waals surface area contributed by atoms with E-state index < -0.39 is 0 Å². The van der Waals surface area contributed by atoms with Crippen molar-refractivity contribution in [3.8, 4) is 0 Å². The molecule has 0 unspecified atom stereocenters. The summed E-state index contributed by atoms with van der Waals surface area (Å²) in [5.74, 6) is 0.811. The molecule has 3 nitrogen and oxygen atoms in total.